The van der Waals surface area contributed by atoms with E-state index in [1.807, 2.05) is 0 Å². The molecule has 0 nitrogen and oxygen atoms in total. The Balaban J connectivity index is 0. The van der Waals surface area contributed by atoms with Crippen molar-refractivity contribution in [3.05, 3.63) is 53.6 Å². The van der Waals surface area contributed by atoms with Gasteiger partial charge in [-0.05, 0) is 6.92 Å². The molecule has 0 saturated carbocycles. The molecule has 0 heterocycles. The third kappa shape index (κ3) is 4.68. The summed E-state index contributed by atoms with van der Waals surface area (Å²) in [5.41, 5.74) is 3.82. The first-order valence-electron chi connectivity index (χ1n) is 4.21. The summed E-state index contributed by atoms with van der Waals surface area (Å²) in [5.74, 6) is 0. The van der Waals surface area contributed by atoms with Gasteiger partial charge in [0.2, 0.25) is 0 Å². The van der Waals surface area contributed by atoms with E-state index in [9.17, 15) is 0 Å². The molecule has 0 N–H and O–H groups in total. The van der Waals surface area contributed by atoms with Gasteiger partial charge in [0.1, 0.15) is 0 Å². The molecular formula is C12H11Cl2Zr. The first-order chi connectivity index (χ1) is 5.86. The number of aryl methyl sites for hydroxylation is 1. The van der Waals surface area contributed by atoms with Crippen molar-refractivity contribution in [3.8, 4) is 0 Å². The zero-order chi connectivity index (χ0) is 8.39. The zero-order valence-electron chi connectivity index (χ0n) is 8.43. The minimum atomic E-state index is 0. The van der Waals surface area contributed by atoms with E-state index in [1.54, 1.807) is 0 Å². The molecule has 0 fully saturated rings. The van der Waals surface area contributed by atoms with Crippen LogP contribution in [0, 0.1) is 13.0 Å². The quantitative estimate of drug-likeness (QED) is 0.489. The van der Waals surface area contributed by atoms with Crippen LogP contribution < -0.4 is 24.8 Å². The van der Waals surface area contributed by atoms with Crippen LogP contribution >= 0.6 is 0 Å². The molecule has 0 bridgehead atoms. The Labute approximate surface area is 123 Å². The Hall–Kier alpha value is 0.163. The molecule has 1 radical (unpaired) electrons. The second-order valence-corrected chi connectivity index (χ2v) is 3.07. The molecule has 0 atom stereocenters. The summed E-state index contributed by atoms with van der Waals surface area (Å²) < 4.78 is 0. The summed E-state index contributed by atoms with van der Waals surface area (Å²) in [6, 6.07) is 8.53. The average molecular weight is 317 g/mol. The van der Waals surface area contributed by atoms with Crippen molar-refractivity contribution < 1.29 is 51.0 Å². The number of hydrogen-bond donors (Lipinski definition) is 0. The first-order valence-corrected chi connectivity index (χ1v) is 4.21. The van der Waals surface area contributed by atoms with Crippen LogP contribution in [0.5, 0.6) is 0 Å². The fourth-order valence-corrected chi connectivity index (χ4v) is 1.42. The molecule has 0 amide bonds. The van der Waals surface area contributed by atoms with Crippen LogP contribution in [0.4, 0.5) is 0 Å². The van der Waals surface area contributed by atoms with Gasteiger partial charge in [-0.15, -0.1) is 23.8 Å². The second-order valence-electron chi connectivity index (χ2n) is 3.07. The van der Waals surface area contributed by atoms with E-state index in [1.165, 1.54) is 16.7 Å². The van der Waals surface area contributed by atoms with Crippen LogP contribution in [0.25, 0.3) is 5.57 Å². The van der Waals surface area contributed by atoms with E-state index in [0.29, 0.717) is 0 Å². The van der Waals surface area contributed by atoms with Gasteiger partial charge in [-0.3, -0.25) is 0 Å². The molecule has 2 rings (SSSR count). The summed E-state index contributed by atoms with van der Waals surface area (Å²) >= 11 is 0. The van der Waals surface area contributed by atoms with E-state index in [-0.39, 0.29) is 51.0 Å². The van der Waals surface area contributed by atoms with Gasteiger partial charge < -0.3 is 24.8 Å². The fraction of sp³-hybridized carbons (Fsp3) is 0.167. The number of rotatable bonds is 1. The molecule has 3 heteroatoms. The van der Waals surface area contributed by atoms with Gasteiger partial charge in [-0.1, -0.05) is 24.1 Å². The van der Waals surface area contributed by atoms with Crippen molar-refractivity contribution in [3.63, 3.8) is 0 Å². The molecule has 0 aliphatic heterocycles. The van der Waals surface area contributed by atoms with Crippen LogP contribution in [0.3, 0.4) is 0 Å². The number of benzene rings is 1. The van der Waals surface area contributed by atoms with Crippen LogP contribution in [-0.2, 0) is 26.2 Å². The van der Waals surface area contributed by atoms with Gasteiger partial charge in [-0.2, -0.15) is 17.7 Å². The SMILES string of the molecule is Cc1cccc(C2=[C-]CC=C2)c1.[Cl-].[Cl-].[Zr+3]. The predicted octanol–water partition coefficient (Wildman–Crippen LogP) is -2.85. The van der Waals surface area contributed by atoms with Gasteiger partial charge in [0.15, 0.2) is 0 Å². The molecule has 1 aromatic rings. The Bertz CT molecular complexity index is 356. The maximum absolute atomic E-state index is 3.31. The maximum Gasteiger partial charge on any atom is 3.00 e. The van der Waals surface area contributed by atoms with Crippen molar-refractivity contribution in [2.45, 2.75) is 13.3 Å². The van der Waals surface area contributed by atoms with Crippen LogP contribution in [0.1, 0.15) is 17.5 Å². The van der Waals surface area contributed by atoms with E-state index >= 15 is 0 Å². The summed E-state index contributed by atoms with van der Waals surface area (Å²) in [6.07, 6.45) is 8.54. The topological polar surface area (TPSA) is 0 Å². The Morgan fingerprint density at radius 2 is 1.93 bits per heavy atom. The van der Waals surface area contributed by atoms with Crippen molar-refractivity contribution in [2.24, 2.45) is 0 Å². The third-order valence-electron chi connectivity index (χ3n) is 2.02. The Morgan fingerprint density at radius 3 is 2.47 bits per heavy atom. The molecule has 0 unspecified atom stereocenters. The Morgan fingerprint density at radius 1 is 1.20 bits per heavy atom. The number of halogens is 2. The summed E-state index contributed by atoms with van der Waals surface area (Å²) in [6.45, 7) is 2.11. The minimum Gasteiger partial charge on any atom is -1.00 e. The first kappa shape index (κ1) is 17.6. The summed E-state index contributed by atoms with van der Waals surface area (Å²) in [5, 5.41) is 0. The molecule has 15 heavy (non-hydrogen) atoms. The van der Waals surface area contributed by atoms with E-state index < -0.39 is 0 Å². The smallest absolute Gasteiger partial charge is 1.00 e. The minimum absolute atomic E-state index is 0. The van der Waals surface area contributed by atoms with Crippen molar-refractivity contribution in [2.75, 3.05) is 0 Å². The van der Waals surface area contributed by atoms with Crippen molar-refractivity contribution >= 4 is 5.57 Å². The van der Waals surface area contributed by atoms with Crippen LogP contribution in [0.15, 0.2) is 36.4 Å². The number of allylic oxidation sites excluding steroid dienone is 4. The molecule has 1 aromatic carbocycles. The molecule has 1 aliphatic rings. The normalized spacial score (nSPS) is 11.9. The predicted molar refractivity (Wildman–Crippen MR) is 51.6 cm³/mol. The standard InChI is InChI=1S/C12H11.2ClH.Zr/c1-10-5-4-8-12(9-10)11-6-2-3-7-11;;;/h2,4-6,8-9H,3H2,1H3;2*1H;/q-1;;;+3/p-2. The van der Waals surface area contributed by atoms with Gasteiger partial charge >= 0.3 is 26.2 Å². The molecule has 0 spiro atoms. The third-order valence-corrected chi connectivity index (χ3v) is 2.02. The molecule has 0 saturated heterocycles. The number of hydrogen-bond acceptors (Lipinski definition) is 0. The summed E-state index contributed by atoms with van der Waals surface area (Å²) in [4.78, 5) is 0. The van der Waals surface area contributed by atoms with Gasteiger partial charge in [0.25, 0.3) is 0 Å². The van der Waals surface area contributed by atoms with Crippen LogP contribution in [-0.4, -0.2) is 0 Å². The molecular weight excluding hydrogens is 306 g/mol. The Kier molecular flexibility index (Phi) is 9.75. The van der Waals surface area contributed by atoms with E-state index in [2.05, 4.69) is 49.4 Å². The largest absolute Gasteiger partial charge is 3.00 e. The van der Waals surface area contributed by atoms with Crippen molar-refractivity contribution in [1.29, 1.82) is 0 Å². The van der Waals surface area contributed by atoms with E-state index in [0.717, 1.165) is 6.42 Å². The van der Waals surface area contributed by atoms with Crippen molar-refractivity contribution in [1.82, 2.24) is 0 Å². The summed E-state index contributed by atoms with van der Waals surface area (Å²) in [7, 11) is 0. The molecule has 1 aliphatic carbocycles. The monoisotopic (exact) mass is 315 g/mol. The fourth-order valence-electron chi connectivity index (χ4n) is 1.42. The van der Waals surface area contributed by atoms with Crippen LogP contribution in [0.2, 0.25) is 0 Å². The zero-order valence-corrected chi connectivity index (χ0v) is 12.4. The van der Waals surface area contributed by atoms with Gasteiger partial charge in [0, 0.05) is 0 Å². The maximum atomic E-state index is 3.31. The second kappa shape index (κ2) is 8.33. The van der Waals surface area contributed by atoms with Gasteiger partial charge in [-0.25, -0.2) is 0 Å². The molecule has 77 valence electrons. The average Bonchev–Trinajstić information content (AvgIpc) is 2.56. The van der Waals surface area contributed by atoms with E-state index in [4.69, 9.17) is 0 Å². The molecule has 0 aromatic heterocycles. The van der Waals surface area contributed by atoms with Gasteiger partial charge in [0.05, 0.1) is 0 Å².